The summed E-state index contributed by atoms with van der Waals surface area (Å²) in [4.78, 5) is 50.9. The zero-order valence-electron chi connectivity index (χ0n) is 16.1. The van der Waals surface area contributed by atoms with Crippen molar-refractivity contribution in [3.05, 3.63) is 88.0 Å². The predicted molar refractivity (Wildman–Crippen MR) is 109 cm³/mol. The molecule has 0 spiro atoms. The van der Waals surface area contributed by atoms with Gasteiger partial charge < -0.3 is 25.3 Å². The van der Waals surface area contributed by atoms with E-state index in [1.807, 2.05) is 0 Å². The highest BCUT2D eigenvalue weighted by atomic mass is 16.7. The van der Waals surface area contributed by atoms with Gasteiger partial charge in [-0.1, -0.05) is 18.2 Å². The Morgan fingerprint density at radius 2 is 1.38 bits per heavy atom. The Bertz CT molecular complexity index is 1270. The van der Waals surface area contributed by atoms with Crippen LogP contribution in [0.5, 0.6) is 11.5 Å². The van der Waals surface area contributed by atoms with Gasteiger partial charge in [0.15, 0.2) is 5.78 Å². The number of phenols is 2. The average Bonchev–Trinajstić information content (AvgIpc) is 2.76. The minimum Gasteiger partial charge on any atom is -0.507 e. The van der Waals surface area contributed by atoms with Gasteiger partial charge in [0.25, 0.3) is 0 Å². The first-order chi connectivity index (χ1) is 15.1. The minimum absolute atomic E-state index is 0.196. The molecular formula is C22H15NO9. The number of benzene rings is 2. The third-order valence-electron chi connectivity index (χ3n) is 4.63. The number of phenolic OH excluding ortho intramolecular Hbond substituents is 1. The molecule has 1 aliphatic carbocycles. The van der Waals surface area contributed by atoms with Crippen molar-refractivity contribution in [2.24, 2.45) is 5.90 Å². The van der Waals surface area contributed by atoms with E-state index in [4.69, 9.17) is 5.90 Å². The molecule has 0 unspecified atom stereocenters. The van der Waals surface area contributed by atoms with Gasteiger partial charge in [0.1, 0.15) is 28.2 Å². The Morgan fingerprint density at radius 1 is 0.812 bits per heavy atom. The maximum atomic E-state index is 11.9. The second-order valence-electron chi connectivity index (χ2n) is 6.57. The summed E-state index contributed by atoms with van der Waals surface area (Å²) in [7, 11) is 0. The van der Waals surface area contributed by atoms with Crippen molar-refractivity contribution in [3.8, 4) is 11.5 Å². The molecule has 0 saturated carbocycles. The second kappa shape index (κ2) is 8.58. The van der Waals surface area contributed by atoms with Crippen molar-refractivity contribution >= 4 is 29.3 Å². The zero-order valence-corrected chi connectivity index (χ0v) is 16.1. The fourth-order valence-corrected chi connectivity index (χ4v) is 3.13. The lowest BCUT2D eigenvalue weighted by Gasteiger charge is -2.16. The SMILES string of the molecule is NOC(=O)c1cc(C(=C2C=CC(=O)C(C(=O)O)=C2)c2ccc(O)c(C(=O)O)c2)ccc1O. The number of rotatable bonds is 5. The molecule has 10 heteroatoms. The van der Waals surface area contributed by atoms with Crippen molar-refractivity contribution in [1.29, 1.82) is 0 Å². The fourth-order valence-electron chi connectivity index (χ4n) is 3.13. The number of aliphatic carboxylic acids is 1. The fraction of sp³-hybridized carbons (Fsp3) is 0. The van der Waals surface area contributed by atoms with Crippen molar-refractivity contribution < 1.29 is 44.4 Å². The molecule has 1 aliphatic rings. The number of aromatic carboxylic acids is 1. The van der Waals surface area contributed by atoms with E-state index in [1.54, 1.807) is 0 Å². The summed E-state index contributed by atoms with van der Waals surface area (Å²) in [6.07, 6.45) is 3.46. The lowest BCUT2D eigenvalue weighted by molar-refractivity contribution is -0.134. The van der Waals surface area contributed by atoms with Gasteiger partial charge in [-0.15, -0.1) is 0 Å². The number of carboxylic acids is 2. The zero-order chi connectivity index (χ0) is 23.6. The summed E-state index contributed by atoms with van der Waals surface area (Å²) in [5.74, 6) is -0.717. The summed E-state index contributed by atoms with van der Waals surface area (Å²) >= 11 is 0. The highest BCUT2D eigenvalue weighted by Gasteiger charge is 2.23. The first-order valence-electron chi connectivity index (χ1n) is 8.86. The van der Waals surface area contributed by atoms with Gasteiger partial charge in [-0.25, -0.2) is 14.4 Å². The number of carbonyl (C=O) groups excluding carboxylic acids is 2. The molecule has 0 aliphatic heterocycles. The summed E-state index contributed by atoms with van der Waals surface area (Å²) in [5.41, 5.74) is -0.411. The molecular weight excluding hydrogens is 422 g/mol. The molecule has 0 bridgehead atoms. The van der Waals surface area contributed by atoms with Crippen molar-refractivity contribution in [1.82, 2.24) is 0 Å². The van der Waals surface area contributed by atoms with Crippen LogP contribution in [0.4, 0.5) is 0 Å². The highest BCUT2D eigenvalue weighted by Crippen LogP contribution is 2.35. The molecule has 10 nitrogen and oxygen atoms in total. The second-order valence-corrected chi connectivity index (χ2v) is 6.57. The Kier molecular flexibility index (Phi) is 5.90. The van der Waals surface area contributed by atoms with E-state index in [0.29, 0.717) is 0 Å². The monoisotopic (exact) mass is 437 g/mol. The van der Waals surface area contributed by atoms with Gasteiger partial charge in [0, 0.05) is 0 Å². The quantitative estimate of drug-likeness (QED) is 0.341. The van der Waals surface area contributed by atoms with E-state index < -0.39 is 46.3 Å². The molecule has 0 amide bonds. The maximum Gasteiger partial charge on any atom is 0.360 e. The Labute approximate surface area is 179 Å². The Morgan fingerprint density at radius 3 is 1.91 bits per heavy atom. The molecule has 32 heavy (non-hydrogen) atoms. The van der Waals surface area contributed by atoms with Gasteiger partial charge in [-0.05, 0) is 58.7 Å². The summed E-state index contributed by atoms with van der Waals surface area (Å²) < 4.78 is 0. The van der Waals surface area contributed by atoms with Crippen LogP contribution in [0.3, 0.4) is 0 Å². The van der Waals surface area contributed by atoms with Crippen LogP contribution in [0.1, 0.15) is 31.8 Å². The van der Waals surface area contributed by atoms with Gasteiger partial charge in [-0.3, -0.25) is 4.79 Å². The van der Waals surface area contributed by atoms with E-state index >= 15 is 0 Å². The lowest BCUT2D eigenvalue weighted by atomic mass is 9.87. The Hall–Kier alpha value is -4.70. The normalized spacial score (nSPS) is 14.5. The predicted octanol–water partition coefficient (Wildman–Crippen LogP) is 1.78. The molecule has 162 valence electrons. The van der Waals surface area contributed by atoms with Gasteiger partial charge >= 0.3 is 17.9 Å². The number of ketones is 1. The number of carboxylic acid groups (broad SMARTS) is 2. The molecule has 2 aromatic rings. The molecule has 0 fully saturated rings. The van der Waals surface area contributed by atoms with E-state index in [-0.39, 0.29) is 27.8 Å². The summed E-state index contributed by atoms with van der Waals surface area (Å²) in [5, 5.41) is 38.5. The Balaban J connectivity index is 2.37. The number of aromatic hydroxyl groups is 2. The van der Waals surface area contributed by atoms with Crippen LogP contribution in [0.2, 0.25) is 0 Å². The van der Waals surface area contributed by atoms with Crippen LogP contribution in [-0.4, -0.2) is 44.1 Å². The van der Waals surface area contributed by atoms with Crippen LogP contribution in [-0.2, 0) is 14.4 Å². The number of carbonyl (C=O) groups is 4. The lowest BCUT2D eigenvalue weighted by Crippen LogP contribution is -2.13. The van der Waals surface area contributed by atoms with Crippen LogP contribution < -0.4 is 5.90 Å². The van der Waals surface area contributed by atoms with E-state index in [0.717, 1.165) is 24.3 Å². The first-order valence-corrected chi connectivity index (χ1v) is 8.86. The minimum atomic E-state index is -1.47. The van der Waals surface area contributed by atoms with Gasteiger partial charge in [0.05, 0.1) is 0 Å². The molecule has 0 heterocycles. The van der Waals surface area contributed by atoms with Crippen LogP contribution in [0.15, 0.2) is 65.8 Å². The molecule has 0 radical (unpaired) electrons. The topological polar surface area (TPSA) is 184 Å². The third-order valence-corrected chi connectivity index (χ3v) is 4.63. The maximum absolute atomic E-state index is 11.9. The van der Waals surface area contributed by atoms with E-state index in [2.05, 4.69) is 4.84 Å². The van der Waals surface area contributed by atoms with Crippen molar-refractivity contribution in [3.63, 3.8) is 0 Å². The molecule has 2 aromatic carbocycles. The molecule has 0 aromatic heterocycles. The number of hydrogen-bond donors (Lipinski definition) is 5. The molecule has 3 rings (SSSR count). The first kappa shape index (κ1) is 22.0. The largest absolute Gasteiger partial charge is 0.507 e. The van der Waals surface area contributed by atoms with Crippen LogP contribution in [0.25, 0.3) is 5.57 Å². The third kappa shape index (κ3) is 4.11. The number of hydrogen-bond acceptors (Lipinski definition) is 8. The van der Waals surface area contributed by atoms with Crippen LogP contribution >= 0.6 is 0 Å². The standard InChI is InChI=1S/C22H15NO9/c23-32-22(31)15-9-12(3-6-18(15)26)19(10-1-4-16(24)13(7-10)20(27)28)11-2-5-17(25)14(8-11)21(29)30/h1-9,24,26H,23H2,(H,27,28)(H,29,30). The smallest absolute Gasteiger partial charge is 0.360 e. The van der Waals surface area contributed by atoms with Crippen LogP contribution in [0, 0.1) is 0 Å². The number of nitrogens with two attached hydrogens (primary N) is 1. The number of allylic oxidation sites excluding steroid dienone is 4. The molecule has 0 atom stereocenters. The van der Waals surface area contributed by atoms with E-state index in [9.17, 15) is 39.6 Å². The highest BCUT2D eigenvalue weighted by molar-refractivity contribution is 6.23. The van der Waals surface area contributed by atoms with Crippen molar-refractivity contribution in [2.75, 3.05) is 0 Å². The molecule has 6 N–H and O–H groups in total. The van der Waals surface area contributed by atoms with Crippen molar-refractivity contribution in [2.45, 2.75) is 0 Å². The van der Waals surface area contributed by atoms with Gasteiger partial charge in [0.2, 0.25) is 0 Å². The van der Waals surface area contributed by atoms with E-state index in [1.165, 1.54) is 30.3 Å². The summed E-state index contributed by atoms with van der Waals surface area (Å²) in [6.45, 7) is 0. The van der Waals surface area contributed by atoms with Gasteiger partial charge in [-0.2, -0.15) is 5.90 Å². The molecule has 0 saturated heterocycles. The summed E-state index contributed by atoms with van der Waals surface area (Å²) in [6, 6.07) is 7.41. The average molecular weight is 437 g/mol.